The first-order valence-electron chi connectivity index (χ1n) is 5.58. The molecule has 0 saturated carbocycles. The summed E-state index contributed by atoms with van der Waals surface area (Å²) in [6.45, 7) is 8.92. The summed E-state index contributed by atoms with van der Waals surface area (Å²) in [5, 5.41) is 2.85. The molecule has 2 heteroatoms. The smallest absolute Gasteiger partial charge is 0.219 e. The van der Waals surface area contributed by atoms with Crippen LogP contribution in [0.1, 0.15) is 59.8 Å². The predicted octanol–water partition coefficient (Wildman–Crippen LogP) is 3.12. The molecule has 0 aliphatic carbocycles. The van der Waals surface area contributed by atoms with Crippen LogP contribution in [-0.4, -0.2) is 12.5 Å². The van der Waals surface area contributed by atoms with Crippen molar-refractivity contribution < 1.29 is 4.79 Å². The van der Waals surface area contributed by atoms with Gasteiger partial charge in [-0.25, -0.2) is 0 Å². The first-order valence-corrected chi connectivity index (χ1v) is 5.58. The Labute approximate surface area is 83.1 Å². The minimum atomic E-state index is 0.168. The fourth-order valence-electron chi connectivity index (χ4n) is 0.905. The van der Waals surface area contributed by atoms with Gasteiger partial charge in [0, 0.05) is 13.0 Å². The van der Waals surface area contributed by atoms with Gasteiger partial charge in [-0.3, -0.25) is 4.79 Å². The lowest BCUT2D eigenvalue weighted by Crippen LogP contribution is -2.23. The van der Waals surface area contributed by atoms with E-state index in [1.807, 2.05) is 20.8 Å². The summed E-state index contributed by atoms with van der Waals surface area (Å²) in [5.74, 6) is 0.168. The molecule has 1 N–H and O–H groups in total. The van der Waals surface area contributed by atoms with E-state index < -0.39 is 0 Å². The van der Waals surface area contributed by atoms with Crippen LogP contribution >= 0.6 is 0 Å². The van der Waals surface area contributed by atoms with Crippen LogP contribution in [0, 0.1) is 0 Å². The summed E-state index contributed by atoms with van der Waals surface area (Å²) in [6, 6.07) is 0. The van der Waals surface area contributed by atoms with Gasteiger partial charge in [0.05, 0.1) is 0 Å². The lowest BCUT2D eigenvalue weighted by Gasteiger charge is -2.01. The average molecular weight is 187 g/mol. The second kappa shape index (κ2) is 14.0. The first kappa shape index (κ1) is 15.0. The van der Waals surface area contributed by atoms with Gasteiger partial charge in [0.1, 0.15) is 0 Å². The third-order valence-corrected chi connectivity index (χ3v) is 1.67. The van der Waals surface area contributed by atoms with Crippen molar-refractivity contribution in [3.8, 4) is 0 Å². The fourth-order valence-corrected chi connectivity index (χ4v) is 0.905. The lowest BCUT2D eigenvalue weighted by atomic mass is 10.2. The molecule has 0 bridgehead atoms. The molecule has 0 rings (SSSR count). The summed E-state index contributed by atoms with van der Waals surface area (Å²) in [6.07, 6.45) is 5.50. The zero-order valence-electron chi connectivity index (χ0n) is 9.65. The van der Waals surface area contributed by atoms with E-state index in [1.165, 1.54) is 19.3 Å². The van der Waals surface area contributed by atoms with E-state index in [0.29, 0.717) is 6.42 Å². The summed E-state index contributed by atoms with van der Waals surface area (Å²) < 4.78 is 0. The normalized spacial score (nSPS) is 8.62. The van der Waals surface area contributed by atoms with Gasteiger partial charge >= 0.3 is 0 Å². The molecule has 0 unspecified atom stereocenters. The summed E-state index contributed by atoms with van der Waals surface area (Å²) in [4.78, 5) is 10.7. The topological polar surface area (TPSA) is 29.1 Å². The van der Waals surface area contributed by atoms with Crippen LogP contribution in [0.5, 0.6) is 0 Å². The fraction of sp³-hybridized carbons (Fsp3) is 0.909. The molecule has 0 aromatic heterocycles. The highest BCUT2D eigenvalue weighted by Gasteiger charge is 1.93. The van der Waals surface area contributed by atoms with Gasteiger partial charge in [0.2, 0.25) is 5.91 Å². The molecule has 0 fully saturated rings. The van der Waals surface area contributed by atoms with Crippen molar-refractivity contribution in [2.45, 2.75) is 59.8 Å². The van der Waals surface area contributed by atoms with Gasteiger partial charge < -0.3 is 5.32 Å². The minimum absolute atomic E-state index is 0.168. The van der Waals surface area contributed by atoms with Crippen molar-refractivity contribution in [3.63, 3.8) is 0 Å². The van der Waals surface area contributed by atoms with Crippen LogP contribution in [0.4, 0.5) is 0 Å². The monoisotopic (exact) mass is 187 g/mol. The van der Waals surface area contributed by atoms with Gasteiger partial charge in [-0.05, 0) is 6.42 Å². The molecule has 0 heterocycles. The summed E-state index contributed by atoms with van der Waals surface area (Å²) in [5.41, 5.74) is 0. The molecule has 0 aliphatic heterocycles. The zero-order valence-corrected chi connectivity index (χ0v) is 9.65. The molecule has 13 heavy (non-hydrogen) atoms. The second-order valence-electron chi connectivity index (χ2n) is 2.76. The SMILES string of the molecule is CC.CCCCCCNC(=O)CC. The van der Waals surface area contributed by atoms with E-state index in [4.69, 9.17) is 0 Å². The molecule has 0 spiro atoms. The largest absolute Gasteiger partial charge is 0.356 e. The lowest BCUT2D eigenvalue weighted by molar-refractivity contribution is -0.120. The highest BCUT2D eigenvalue weighted by atomic mass is 16.1. The highest BCUT2D eigenvalue weighted by Crippen LogP contribution is 1.96. The van der Waals surface area contributed by atoms with E-state index >= 15 is 0 Å². The average Bonchev–Trinajstić information content (AvgIpc) is 2.20. The molecule has 1 amide bonds. The number of unbranched alkanes of at least 4 members (excludes halogenated alkanes) is 3. The van der Waals surface area contributed by atoms with Crippen LogP contribution in [0.15, 0.2) is 0 Å². The van der Waals surface area contributed by atoms with Gasteiger partial charge in [0.25, 0.3) is 0 Å². The van der Waals surface area contributed by atoms with Crippen LogP contribution in [-0.2, 0) is 4.79 Å². The van der Waals surface area contributed by atoms with Crippen molar-refractivity contribution in [1.29, 1.82) is 0 Å². The maximum atomic E-state index is 10.7. The van der Waals surface area contributed by atoms with Crippen molar-refractivity contribution in [2.24, 2.45) is 0 Å². The van der Waals surface area contributed by atoms with E-state index in [2.05, 4.69) is 12.2 Å². The Bertz CT molecular complexity index is 102. The molecule has 0 aliphatic rings. The molecule has 2 nitrogen and oxygen atoms in total. The predicted molar refractivity (Wildman–Crippen MR) is 58.8 cm³/mol. The number of carbonyl (C=O) groups excluding carboxylic acids is 1. The molecular formula is C11H25NO. The molecule has 0 radical (unpaired) electrons. The third-order valence-electron chi connectivity index (χ3n) is 1.67. The van der Waals surface area contributed by atoms with Gasteiger partial charge in [0.15, 0.2) is 0 Å². The van der Waals surface area contributed by atoms with Crippen molar-refractivity contribution in [1.82, 2.24) is 5.32 Å². The summed E-state index contributed by atoms with van der Waals surface area (Å²) in [7, 11) is 0. The van der Waals surface area contributed by atoms with Gasteiger partial charge in [-0.1, -0.05) is 47.0 Å². The maximum Gasteiger partial charge on any atom is 0.219 e. The number of amides is 1. The minimum Gasteiger partial charge on any atom is -0.356 e. The van der Waals surface area contributed by atoms with Crippen LogP contribution in [0.25, 0.3) is 0 Å². The van der Waals surface area contributed by atoms with Crippen LogP contribution < -0.4 is 5.32 Å². The van der Waals surface area contributed by atoms with Crippen molar-refractivity contribution in [3.05, 3.63) is 0 Å². The van der Waals surface area contributed by atoms with Crippen LogP contribution in [0.3, 0.4) is 0 Å². The van der Waals surface area contributed by atoms with E-state index in [0.717, 1.165) is 13.0 Å². The standard InChI is InChI=1S/C9H19NO.C2H6/c1-3-5-6-7-8-10-9(11)4-2;1-2/h3-8H2,1-2H3,(H,10,11);1-2H3. The number of hydrogen-bond acceptors (Lipinski definition) is 1. The van der Waals surface area contributed by atoms with Gasteiger partial charge in [-0.2, -0.15) is 0 Å². The molecule has 0 atom stereocenters. The number of nitrogens with one attached hydrogen (secondary N) is 1. The Hall–Kier alpha value is -0.530. The molecule has 0 aromatic carbocycles. The second-order valence-corrected chi connectivity index (χ2v) is 2.76. The van der Waals surface area contributed by atoms with E-state index in [-0.39, 0.29) is 5.91 Å². The third kappa shape index (κ3) is 14.3. The Kier molecular flexibility index (Phi) is 16.1. The Morgan fingerprint density at radius 2 is 1.69 bits per heavy atom. The van der Waals surface area contributed by atoms with E-state index in [9.17, 15) is 4.79 Å². The van der Waals surface area contributed by atoms with Gasteiger partial charge in [-0.15, -0.1) is 0 Å². The number of hydrogen-bond donors (Lipinski definition) is 1. The molecule has 0 aromatic rings. The molecule has 0 saturated heterocycles. The van der Waals surface area contributed by atoms with Crippen LogP contribution in [0.2, 0.25) is 0 Å². The highest BCUT2D eigenvalue weighted by molar-refractivity contribution is 5.75. The maximum absolute atomic E-state index is 10.7. The molecular weight excluding hydrogens is 162 g/mol. The number of rotatable bonds is 6. The first-order chi connectivity index (χ1) is 6.31. The van der Waals surface area contributed by atoms with E-state index in [1.54, 1.807) is 0 Å². The Morgan fingerprint density at radius 1 is 1.08 bits per heavy atom. The zero-order chi connectivity index (χ0) is 10.5. The quantitative estimate of drug-likeness (QED) is 0.636. The Balaban J connectivity index is 0. The molecule has 80 valence electrons. The van der Waals surface area contributed by atoms with Crippen molar-refractivity contribution >= 4 is 5.91 Å². The van der Waals surface area contributed by atoms with Crippen molar-refractivity contribution in [2.75, 3.05) is 6.54 Å². The summed E-state index contributed by atoms with van der Waals surface area (Å²) >= 11 is 0. The Morgan fingerprint density at radius 3 is 2.15 bits per heavy atom. The number of carbonyl (C=O) groups is 1.